The Bertz CT molecular complexity index is 678. The molecular weight excluding hydrogens is 284 g/mol. The molecule has 0 saturated heterocycles. The van der Waals surface area contributed by atoms with Gasteiger partial charge in [-0.3, -0.25) is 0 Å². The molecule has 4 fully saturated rings. The molecule has 1 spiro atoms. The highest BCUT2D eigenvalue weighted by molar-refractivity contribution is 5.89. The molecule has 122 valence electrons. The number of fused-ring (bicyclic) bond motifs is 2. The number of hydrogen-bond donors (Lipinski definition) is 0. The van der Waals surface area contributed by atoms with Gasteiger partial charge in [0.15, 0.2) is 0 Å². The van der Waals surface area contributed by atoms with E-state index in [0.717, 1.165) is 24.2 Å². The molecule has 1 unspecified atom stereocenters. The SMILES string of the molecule is CC1(C)[C@@H]2CC[C@@]3(C)[C@@H]4CC[C@H](OC(=O)c5ccccc5)C43[C@@H]21. The van der Waals surface area contributed by atoms with Crippen LogP contribution in [0.25, 0.3) is 0 Å². The van der Waals surface area contributed by atoms with Gasteiger partial charge < -0.3 is 4.74 Å². The first-order valence-corrected chi connectivity index (χ1v) is 9.20. The maximum absolute atomic E-state index is 12.6. The minimum Gasteiger partial charge on any atom is -0.458 e. The van der Waals surface area contributed by atoms with Gasteiger partial charge in [0, 0.05) is 5.41 Å². The maximum Gasteiger partial charge on any atom is 0.338 e. The van der Waals surface area contributed by atoms with E-state index in [2.05, 4.69) is 20.8 Å². The summed E-state index contributed by atoms with van der Waals surface area (Å²) >= 11 is 0. The average molecular weight is 310 g/mol. The Morgan fingerprint density at radius 2 is 1.83 bits per heavy atom. The van der Waals surface area contributed by atoms with E-state index in [1.165, 1.54) is 19.3 Å². The van der Waals surface area contributed by atoms with Crippen LogP contribution in [-0.2, 0) is 4.74 Å². The second-order valence-electron chi connectivity index (χ2n) is 9.18. The number of ether oxygens (including phenoxy) is 1. The van der Waals surface area contributed by atoms with Crippen LogP contribution in [0.3, 0.4) is 0 Å². The van der Waals surface area contributed by atoms with Crippen molar-refractivity contribution in [1.29, 1.82) is 0 Å². The molecule has 0 heterocycles. The summed E-state index contributed by atoms with van der Waals surface area (Å²) < 4.78 is 6.13. The third-order valence-electron chi connectivity index (χ3n) is 8.30. The summed E-state index contributed by atoms with van der Waals surface area (Å²) in [4.78, 5) is 12.6. The van der Waals surface area contributed by atoms with Crippen molar-refractivity contribution in [2.24, 2.45) is 34.0 Å². The summed E-state index contributed by atoms with van der Waals surface area (Å²) in [5.74, 6) is 2.30. The zero-order valence-electron chi connectivity index (χ0n) is 14.3. The number of benzene rings is 1. The molecular formula is C21H26O2. The van der Waals surface area contributed by atoms with Crippen LogP contribution in [0.1, 0.15) is 56.8 Å². The summed E-state index contributed by atoms with van der Waals surface area (Å²) in [7, 11) is 0. The highest BCUT2D eigenvalue weighted by Gasteiger charge is 2.90. The minimum atomic E-state index is -0.125. The van der Waals surface area contributed by atoms with Gasteiger partial charge in [0.2, 0.25) is 0 Å². The molecule has 4 aliphatic carbocycles. The Morgan fingerprint density at radius 1 is 1.09 bits per heavy atom. The Morgan fingerprint density at radius 3 is 2.57 bits per heavy atom. The fourth-order valence-electron chi connectivity index (χ4n) is 7.33. The average Bonchev–Trinajstić information content (AvgIpc) is 3.22. The standard InChI is InChI=1S/C21H26O2/c1-19(2)14-11-12-20(3)15-9-10-16(21(15,20)17(14)19)23-18(22)13-7-5-4-6-8-13/h4-8,14-17H,9-12H2,1-3H3/t14-,15+,16+,17+,20+,21?/m1/s1. The lowest BCUT2D eigenvalue weighted by molar-refractivity contribution is -0.0112. The van der Waals surface area contributed by atoms with Gasteiger partial charge in [-0.15, -0.1) is 0 Å². The molecule has 23 heavy (non-hydrogen) atoms. The van der Waals surface area contributed by atoms with Crippen molar-refractivity contribution in [2.45, 2.75) is 52.6 Å². The van der Waals surface area contributed by atoms with Crippen molar-refractivity contribution in [3.05, 3.63) is 35.9 Å². The Kier molecular flexibility index (Phi) is 2.46. The monoisotopic (exact) mass is 310 g/mol. The van der Waals surface area contributed by atoms with Crippen molar-refractivity contribution in [3.63, 3.8) is 0 Å². The van der Waals surface area contributed by atoms with Crippen LogP contribution in [0, 0.1) is 34.0 Å². The van der Waals surface area contributed by atoms with Crippen LogP contribution in [0.5, 0.6) is 0 Å². The van der Waals surface area contributed by atoms with Gasteiger partial charge in [0.05, 0.1) is 5.56 Å². The molecule has 2 heteroatoms. The van der Waals surface area contributed by atoms with Gasteiger partial charge in [0.25, 0.3) is 0 Å². The number of rotatable bonds is 2. The smallest absolute Gasteiger partial charge is 0.338 e. The molecule has 0 bridgehead atoms. The topological polar surface area (TPSA) is 26.3 Å². The van der Waals surface area contributed by atoms with E-state index in [-0.39, 0.29) is 12.1 Å². The molecule has 4 saturated carbocycles. The van der Waals surface area contributed by atoms with Crippen molar-refractivity contribution in [1.82, 2.24) is 0 Å². The highest BCUT2D eigenvalue weighted by Crippen LogP contribution is 2.92. The molecule has 2 nitrogen and oxygen atoms in total. The largest absolute Gasteiger partial charge is 0.458 e. The van der Waals surface area contributed by atoms with E-state index in [9.17, 15) is 4.79 Å². The zero-order valence-corrected chi connectivity index (χ0v) is 14.3. The van der Waals surface area contributed by atoms with Crippen molar-refractivity contribution < 1.29 is 9.53 Å². The number of carbonyl (C=O) groups excluding carboxylic acids is 1. The first-order chi connectivity index (χ1) is 10.9. The van der Waals surface area contributed by atoms with E-state index in [4.69, 9.17) is 4.74 Å². The fourth-order valence-corrected chi connectivity index (χ4v) is 7.33. The Balaban J connectivity index is 1.45. The van der Waals surface area contributed by atoms with Crippen LogP contribution in [0.15, 0.2) is 30.3 Å². The van der Waals surface area contributed by atoms with Crippen molar-refractivity contribution in [3.8, 4) is 0 Å². The number of hydrogen-bond acceptors (Lipinski definition) is 2. The molecule has 5 rings (SSSR count). The van der Waals surface area contributed by atoms with Gasteiger partial charge >= 0.3 is 5.97 Å². The van der Waals surface area contributed by atoms with Crippen LogP contribution < -0.4 is 0 Å². The fraction of sp³-hybridized carbons (Fsp3) is 0.667. The van der Waals surface area contributed by atoms with Crippen LogP contribution in [0.2, 0.25) is 0 Å². The quantitative estimate of drug-likeness (QED) is 0.740. The molecule has 1 aromatic rings. The molecule has 0 aliphatic heterocycles. The third kappa shape index (κ3) is 1.45. The molecule has 4 aliphatic rings. The summed E-state index contributed by atoms with van der Waals surface area (Å²) in [6.07, 6.45) is 5.17. The molecule has 0 aromatic heterocycles. The Hall–Kier alpha value is -1.31. The highest BCUT2D eigenvalue weighted by atomic mass is 16.5. The predicted octanol–water partition coefficient (Wildman–Crippen LogP) is 4.69. The molecule has 0 N–H and O–H groups in total. The van der Waals surface area contributed by atoms with Gasteiger partial charge in [0.1, 0.15) is 6.10 Å². The Labute approximate surface area is 138 Å². The molecule has 1 aromatic carbocycles. The van der Waals surface area contributed by atoms with E-state index >= 15 is 0 Å². The second kappa shape index (κ2) is 4.02. The second-order valence-corrected chi connectivity index (χ2v) is 9.18. The first kappa shape index (κ1) is 14.1. The lowest BCUT2D eigenvalue weighted by Crippen LogP contribution is -2.35. The van der Waals surface area contributed by atoms with E-state index in [1.807, 2.05) is 30.3 Å². The molecule has 0 radical (unpaired) electrons. The third-order valence-corrected chi connectivity index (χ3v) is 8.30. The predicted molar refractivity (Wildman–Crippen MR) is 88.9 cm³/mol. The summed E-state index contributed by atoms with van der Waals surface area (Å²) in [6.45, 7) is 7.35. The van der Waals surface area contributed by atoms with Gasteiger partial charge in [-0.05, 0) is 66.4 Å². The number of carbonyl (C=O) groups is 1. The van der Waals surface area contributed by atoms with Gasteiger partial charge in [-0.1, -0.05) is 39.0 Å². The normalized spacial score (nSPS) is 48.0. The van der Waals surface area contributed by atoms with Crippen LogP contribution >= 0.6 is 0 Å². The van der Waals surface area contributed by atoms with Crippen LogP contribution in [0.4, 0.5) is 0 Å². The summed E-state index contributed by atoms with van der Waals surface area (Å²) in [5.41, 5.74) is 1.87. The zero-order chi connectivity index (χ0) is 16.0. The first-order valence-electron chi connectivity index (χ1n) is 9.20. The minimum absolute atomic E-state index is 0.125. The number of esters is 1. The molecule has 6 atom stereocenters. The van der Waals surface area contributed by atoms with Crippen molar-refractivity contribution in [2.75, 3.05) is 0 Å². The molecule has 0 amide bonds. The van der Waals surface area contributed by atoms with Gasteiger partial charge in [-0.2, -0.15) is 0 Å². The van der Waals surface area contributed by atoms with Gasteiger partial charge in [-0.25, -0.2) is 4.79 Å². The van der Waals surface area contributed by atoms with Crippen molar-refractivity contribution >= 4 is 5.97 Å². The maximum atomic E-state index is 12.6. The lowest BCUT2D eigenvalue weighted by Gasteiger charge is -2.34. The van der Waals surface area contributed by atoms with E-state index in [1.54, 1.807) is 0 Å². The van der Waals surface area contributed by atoms with E-state index in [0.29, 0.717) is 21.8 Å². The summed E-state index contributed by atoms with van der Waals surface area (Å²) in [6, 6.07) is 9.49. The van der Waals surface area contributed by atoms with E-state index < -0.39 is 0 Å². The summed E-state index contributed by atoms with van der Waals surface area (Å²) in [5, 5.41) is 0. The van der Waals surface area contributed by atoms with Crippen LogP contribution in [-0.4, -0.2) is 12.1 Å². The lowest BCUT2D eigenvalue weighted by atomic mass is 9.75.